The minimum absolute atomic E-state index is 0.157. The Morgan fingerprint density at radius 3 is 2.60 bits per heavy atom. The lowest BCUT2D eigenvalue weighted by Crippen LogP contribution is -2.19. The van der Waals surface area contributed by atoms with Gasteiger partial charge in [0.05, 0.1) is 18.0 Å². The zero-order chi connectivity index (χ0) is 21.1. The van der Waals surface area contributed by atoms with Gasteiger partial charge in [0.2, 0.25) is 4.80 Å². The number of benzene rings is 2. The number of hydrogen-bond donors (Lipinski definition) is 2. The zero-order valence-electron chi connectivity index (χ0n) is 17.4. The van der Waals surface area contributed by atoms with E-state index in [-0.39, 0.29) is 11.5 Å². The number of hydrogen-bond acceptors (Lipinski definition) is 5. The van der Waals surface area contributed by atoms with Gasteiger partial charge < -0.3 is 10.2 Å². The summed E-state index contributed by atoms with van der Waals surface area (Å²) in [7, 11) is 0. The van der Waals surface area contributed by atoms with Crippen LogP contribution in [0.1, 0.15) is 48.8 Å². The summed E-state index contributed by atoms with van der Waals surface area (Å²) in [6, 6.07) is 11.6. The largest absolute Gasteiger partial charge is 0.504 e. The second-order valence-electron chi connectivity index (χ2n) is 7.89. The Morgan fingerprint density at radius 1 is 1.03 bits per heavy atom. The molecule has 2 aromatic carbocycles. The van der Waals surface area contributed by atoms with Gasteiger partial charge in [-0.3, -0.25) is 4.99 Å². The first-order valence-electron chi connectivity index (χ1n) is 10.4. The van der Waals surface area contributed by atoms with Crippen molar-refractivity contribution in [1.82, 2.24) is 4.68 Å². The molecule has 1 saturated carbocycles. The van der Waals surface area contributed by atoms with Crippen molar-refractivity contribution in [3.05, 3.63) is 63.3 Å². The van der Waals surface area contributed by atoms with E-state index in [2.05, 4.69) is 42.5 Å². The van der Waals surface area contributed by atoms with Crippen molar-refractivity contribution < 1.29 is 10.2 Å². The molecule has 0 amide bonds. The SMILES string of the molecule is Cc1ccc(-c2csc(=NC3CCCCC3)n2N=Cc2cccc(O)c2O)cc1C. The van der Waals surface area contributed by atoms with Crippen molar-refractivity contribution in [1.29, 1.82) is 0 Å². The van der Waals surface area contributed by atoms with Crippen LogP contribution in [0.5, 0.6) is 11.5 Å². The lowest BCUT2D eigenvalue weighted by atomic mass is 9.96. The maximum atomic E-state index is 10.1. The summed E-state index contributed by atoms with van der Waals surface area (Å²) in [5, 5.41) is 26.7. The summed E-state index contributed by atoms with van der Waals surface area (Å²) >= 11 is 1.59. The number of phenolic OH excluding ortho intramolecular Hbond substituents is 2. The average molecular weight is 422 g/mol. The molecule has 3 aromatic rings. The second-order valence-corrected chi connectivity index (χ2v) is 8.73. The standard InChI is InChI=1S/C24H27N3O2S/c1-16-11-12-18(13-17(16)2)21-15-30-24(26-20-8-4-3-5-9-20)27(21)25-14-19-7-6-10-22(28)23(19)29/h6-7,10-15,20,28-29H,3-5,8-9H2,1-2H3. The molecule has 0 aliphatic heterocycles. The average Bonchev–Trinajstić information content (AvgIpc) is 3.14. The smallest absolute Gasteiger partial charge is 0.206 e. The molecule has 0 saturated heterocycles. The number of rotatable bonds is 4. The van der Waals surface area contributed by atoms with E-state index in [0.29, 0.717) is 11.6 Å². The van der Waals surface area contributed by atoms with Crippen molar-refractivity contribution in [3.63, 3.8) is 0 Å². The molecule has 1 aliphatic carbocycles. The van der Waals surface area contributed by atoms with E-state index in [1.165, 1.54) is 36.5 Å². The van der Waals surface area contributed by atoms with Crippen LogP contribution in [0.3, 0.4) is 0 Å². The van der Waals surface area contributed by atoms with E-state index in [4.69, 9.17) is 4.99 Å². The Balaban J connectivity index is 1.81. The van der Waals surface area contributed by atoms with Crippen LogP contribution in [0.25, 0.3) is 11.3 Å². The zero-order valence-corrected chi connectivity index (χ0v) is 18.2. The molecule has 1 fully saturated rings. The van der Waals surface area contributed by atoms with Crippen LogP contribution < -0.4 is 4.80 Å². The fourth-order valence-corrected chi connectivity index (χ4v) is 4.65. The van der Waals surface area contributed by atoms with Crippen LogP contribution in [0.15, 0.2) is 51.9 Å². The van der Waals surface area contributed by atoms with Crippen molar-refractivity contribution in [2.75, 3.05) is 0 Å². The number of aromatic hydroxyl groups is 2. The summed E-state index contributed by atoms with van der Waals surface area (Å²) in [4.78, 5) is 5.87. The predicted octanol–water partition coefficient (Wildman–Crippen LogP) is 5.36. The van der Waals surface area contributed by atoms with Crippen LogP contribution in [-0.4, -0.2) is 27.1 Å². The third-order valence-electron chi connectivity index (χ3n) is 5.71. The first kappa shape index (κ1) is 20.4. The molecular formula is C24H27N3O2S. The molecule has 2 N–H and O–H groups in total. The highest BCUT2D eigenvalue weighted by molar-refractivity contribution is 7.07. The highest BCUT2D eigenvalue weighted by atomic mass is 32.1. The number of para-hydroxylation sites is 1. The van der Waals surface area contributed by atoms with Gasteiger partial charge in [-0.05, 0) is 56.0 Å². The molecule has 0 spiro atoms. The molecule has 1 aromatic heterocycles. The first-order chi connectivity index (χ1) is 14.5. The van der Waals surface area contributed by atoms with Crippen molar-refractivity contribution in [2.45, 2.75) is 52.0 Å². The van der Waals surface area contributed by atoms with E-state index in [1.54, 1.807) is 29.7 Å². The molecule has 4 rings (SSSR count). The number of nitrogens with zero attached hydrogens (tertiary/aromatic N) is 3. The number of aryl methyl sites for hydroxylation is 2. The molecule has 1 aliphatic rings. The first-order valence-corrected chi connectivity index (χ1v) is 11.3. The van der Waals surface area contributed by atoms with Gasteiger partial charge in [-0.25, -0.2) is 4.68 Å². The fraction of sp³-hybridized carbons (Fsp3) is 0.333. The second kappa shape index (κ2) is 8.88. The van der Waals surface area contributed by atoms with Crippen LogP contribution in [0.2, 0.25) is 0 Å². The van der Waals surface area contributed by atoms with Gasteiger partial charge in [0.15, 0.2) is 11.5 Å². The monoisotopic (exact) mass is 421 g/mol. The lowest BCUT2D eigenvalue weighted by Gasteiger charge is -2.16. The molecule has 0 unspecified atom stereocenters. The van der Waals surface area contributed by atoms with Crippen LogP contribution in [0, 0.1) is 13.8 Å². The Kier molecular flexibility index (Phi) is 6.04. The van der Waals surface area contributed by atoms with E-state index in [0.717, 1.165) is 28.9 Å². The molecule has 156 valence electrons. The summed E-state index contributed by atoms with van der Waals surface area (Å²) in [5.74, 6) is -0.327. The Hall–Kier alpha value is -2.86. The minimum atomic E-state index is -0.171. The Labute approximate surface area is 180 Å². The molecular weight excluding hydrogens is 394 g/mol. The van der Waals surface area contributed by atoms with E-state index < -0.39 is 0 Å². The highest BCUT2D eigenvalue weighted by Crippen LogP contribution is 2.28. The van der Waals surface area contributed by atoms with Gasteiger partial charge >= 0.3 is 0 Å². The normalized spacial score (nSPS) is 15.9. The summed E-state index contributed by atoms with van der Waals surface area (Å²) in [6.45, 7) is 4.21. The lowest BCUT2D eigenvalue weighted by molar-refractivity contribution is 0.403. The quantitative estimate of drug-likeness (QED) is 0.440. The van der Waals surface area contributed by atoms with Crippen molar-refractivity contribution in [2.24, 2.45) is 10.1 Å². The maximum absolute atomic E-state index is 10.1. The molecule has 0 radical (unpaired) electrons. The van der Waals surface area contributed by atoms with Crippen LogP contribution in [-0.2, 0) is 0 Å². The van der Waals surface area contributed by atoms with E-state index in [9.17, 15) is 10.2 Å². The minimum Gasteiger partial charge on any atom is -0.504 e. The Morgan fingerprint density at radius 2 is 1.83 bits per heavy atom. The topological polar surface area (TPSA) is 70.1 Å². The molecule has 1 heterocycles. The molecule has 5 nitrogen and oxygen atoms in total. The maximum Gasteiger partial charge on any atom is 0.206 e. The van der Waals surface area contributed by atoms with Crippen LogP contribution in [0.4, 0.5) is 0 Å². The van der Waals surface area contributed by atoms with Gasteiger partial charge in [-0.15, -0.1) is 11.3 Å². The number of phenols is 2. The fourth-order valence-electron chi connectivity index (χ4n) is 3.74. The van der Waals surface area contributed by atoms with Gasteiger partial charge in [0.1, 0.15) is 0 Å². The summed E-state index contributed by atoms with van der Waals surface area (Å²) < 4.78 is 1.85. The van der Waals surface area contributed by atoms with Gasteiger partial charge in [0.25, 0.3) is 0 Å². The van der Waals surface area contributed by atoms with Crippen LogP contribution >= 0.6 is 11.3 Å². The molecule has 0 atom stereocenters. The number of aromatic nitrogens is 1. The highest BCUT2D eigenvalue weighted by Gasteiger charge is 2.14. The van der Waals surface area contributed by atoms with Gasteiger partial charge in [0, 0.05) is 16.5 Å². The van der Waals surface area contributed by atoms with Crippen molar-refractivity contribution in [3.8, 4) is 22.8 Å². The molecule has 0 bridgehead atoms. The summed E-state index contributed by atoms with van der Waals surface area (Å²) in [6.07, 6.45) is 7.56. The number of thiazole rings is 1. The molecule has 6 heteroatoms. The summed E-state index contributed by atoms with van der Waals surface area (Å²) in [5.41, 5.74) is 4.99. The third kappa shape index (κ3) is 4.33. The molecule has 30 heavy (non-hydrogen) atoms. The predicted molar refractivity (Wildman–Crippen MR) is 122 cm³/mol. The van der Waals surface area contributed by atoms with E-state index in [1.807, 2.05) is 4.68 Å². The van der Waals surface area contributed by atoms with Gasteiger partial charge in [-0.1, -0.05) is 37.5 Å². The van der Waals surface area contributed by atoms with Crippen molar-refractivity contribution >= 4 is 17.6 Å². The Bertz CT molecular complexity index is 1140. The third-order valence-corrected chi connectivity index (χ3v) is 6.54. The van der Waals surface area contributed by atoms with Gasteiger partial charge in [-0.2, -0.15) is 5.10 Å². The van der Waals surface area contributed by atoms with E-state index >= 15 is 0 Å².